The van der Waals surface area contributed by atoms with Crippen LogP contribution in [0.1, 0.15) is 37.8 Å². The number of ether oxygens (including phenoxy) is 1. The number of benzene rings is 2. The van der Waals surface area contributed by atoms with Gasteiger partial charge < -0.3 is 9.84 Å². The van der Waals surface area contributed by atoms with E-state index < -0.39 is 0 Å². The Balaban J connectivity index is 2.45. The summed E-state index contributed by atoms with van der Waals surface area (Å²) in [5.74, 6) is 2.18. The molecule has 20 heavy (non-hydrogen) atoms. The lowest BCUT2D eigenvalue weighted by Gasteiger charge is -2.16. The fourth-order valence-electron chi connectivity index (χ4n) is 2.11. The molecule has 0 saturated carbocycles. The minimum Gasteiger partial charge on any atom is -0.508 e. The van der Waals surface area contributed by atoms with Crippen molar-refractivity contribution in [2.75, 3.05) is 0 Å². The highest BCUT2D eigenvalue weighted by Gasteiger charge is 2.13. The normalized spacial score (nSPS) is 10.8. The summed E-state index contributed by atoms with van der Waals surface area (Å²) in [5.41, 5.74) is 1.91. The third-order valence-electron chi connectivity index (χ3n) is 3.27. The van der Waals surface area contributed by atoms with Crippen molar-refractivity contribution in [1.29, 1.82) is 0 Å². The summed E-state index contributed by atoms with van der Waals surface area (Å²) < 4.78 is 6.94. The predicted molar refractivity (Wildman–Crippen MR) is 85.8 cm³/mol. The number of hydrogen-bond donors (Lipinski definition) is 1. The van der Waals surface area contributed by atoms with Crippen LogP contribution < -0.4 is 4.74 Å². The smallest absolute Gasteiger partial charge is 0.141 e. The lowest BCUT2D eigenvalue weighted by atomic mass is 9.98. The zero-order valence-corrected chi connectivity index (χ0v) is 13.6. The van der Waals surface area contributed by atoms with Crippen LogP contribution in [-0.2, 0) is 6.42 Å². The van der Waals surface area contributed by atoms with E-state index in [1.807, 2.05) is 36.4 Å². The minimum absolute atomic E-state index is 0.252. The van der Waals surface area contributed by atoms with Gasteiger partial charge in [-0.1, -0.05) is 32.9 Å². The molecule has 0 unspecified atom stereocenters. The van der Waals surface area contributed by atoms with E-state index in [4.69, 9.17) is 4.74 Å². The zero-order chi connectivity index (χ0) is 14.7. The van der Waals surface area contributed by atoms with Crippen molar-refractivity contribution in [3.05, 3.63) is 52.0 Å². The quantitative estimate of drug-likeness (QED) is 0.784. The third-order valence-corrected chi connectivity index (χ3v) is 3.92. The monoisotopic (exact) mass is 334 g/mol. The molecule has 1 N–H and O–H groups in total. The van der Waals surface area contributed by atoms with Crippen LogP contribution >= 0.6 is 15.9 Å². The molecule has 0 bridgehead atoms. The summed E-state index contributed by atoms with van der Waals surface area (Å²) in [6.45, 7) is 6.17. The molecule has 0 fully saturated rings. The van der Waals surface area contributed by atoms with E-state index in [2.05, 4.69) is 36.7 Å². The predicted octanol–water partition coefficient (Wildman–Crippen LogP) is 5.63. The van der Waals surface area contributed by atoms with Crippen molar-refractivity contribution >= 4 is 15.9 Å². The first-order valence-corrected chi connectivity index (χ1v) is 7.60. The van der Waals surface area contributed by atoms with Crippen LogP contribution in [0, 0.1) is 0 Å². The van der Waals surface area contributed by atoms with E-state index in [9.17, 15) is 5.11 Å². The van der Waals surface area contributed by atoms with Gasteiger partial charge in [0.05, 0.1) is 4.47 Å². The Morgan fingerprint density at radius 3 is 2.45 bits per heavy atom. The highest BCUT2D eigenvalue weighted by molar-refractivity contribution is 9.10. The summed E-state index contributed by atoms with van der Waals surface area (Å²) in [6, 6.07) is 11.5. The number of rotatable bonds is 4. The van der Waals surface area contributed by atoms with Gasteiger partial charge in [0.15, 0.2) is 0 Å². The van der Waals surface area contributed by atoms with E-state index in [1.165, 1.54) is 0 Å². The van der Waals surface area contributed by atoms with Gasteiger partial charge >= 0.3 is 0 Å². The molecule has 0 amide bonds. The maximum Gasteiger partial charge on any atom is 0.141 e. The van der Waals surface area contributed by atoms with Gasteiger partial charge in [0.25, 0.3) is 0 Å². The average Bonchev–Trinajstić information content (AvgIpc) is 2.42. The Hall–Kier alpha value is -1.48. The van der Waals surface area contributed by atoms with E-state index in [0.29, 0.717) is 5.75 Å². The van der Waals surface area contributed by atoms with Crippen molar-refractivity contribution in [3.63, 3.8) is 0 Å². The lowest BCUT2D eigenvalue weighted by molar-refractivity contribution is 0.450. The molecule has 0 saturated heterocycles. The number of aromatic hydroxyl groups is 1. The van der Waals surface area contributed by atoms with Gasteiger partial charge in [0.2, 0.25) is 0 Å². The fourth-order valence-corrected chi connectivity index (χ4v) is 2.47. The summed E-state index contributed by atoms with van der Waals surface area (Å²) in [7, 11) is 0. The molecule has 2 aromatic rings. The van der Waals surface area contributed by atoms with Crippen molar-refractivity contribution in [1.82, 2.24) is 0 Å². The van der Waals surface area contributed by atoms with Crippen LogP contribution in [0.15, 0.2) is 40.9 Å². The molecule has 0 aromatic heterocycles. The van der Waals surface area contributed by atoms with Crippen molar-refractivity contribution in [2.45, 2.75) is 33.1 Å². The molecule has 0 aliphatic heterocycles. The number of hydrogen-bond acceptors (Lipinski definition) is 2. The molecule has 0 aliphatic carbocycles. The van der Waals surface area contributed by atoms with Crippen molar-refractivity contribution in [2.24, 2.45) is 0 Å². The molecule has 3 heteroatoms. The molecule has 0 aliphatic rings. The number of para-hydroxylation sites is 1. The van der Waals surface area contributed by atoms with Crippen LogP contribution in [0.25, 0.3) is 0 Å². The molecule has 0 radical (unpaired) electrons. The molecule has 0 spiro atoms. The number of phenolic OH excluding ortho intramolecular Hbond substituents is 1. The summed E-state index contributed by atoms with van der Waals surface area (Å²) >= 11 is 3.49. The van der Waals surface area contributed by atoms with E-state index >= 15 is 0 Å². The van der Waals surface area contributed by atoms with Crippen LogP contribution in [0.4, 0.5) is 0 Å². The molecule has 2 aromatic carbocycles. The van der Waals surface area contributed by atoms with Crippen LogP contribution in [-0.4, -0.2) is 5.11 Å². The summed E-state index contributed by atoms with van der Waals surface area (Å²) in [5, 5.41) is 10.1. The highest BCUT2D eigenvalue weighted by Crippen LogP contribution is 2.37. The largest absolute Gasteiger partial charge is 0.508 e. The van der Waals surface area contributed by atoms with Crippen molar-refractivity contribution < 1.29 is 9.84 Å². The Morgan fingerprint density at radius 2 is 1.85 bits per heavy atom. The second-order valence-electron chi connectivity index (χ2n) is 5.06. The molecule has 106 valence electrons. The van der Waals surface area contributed by atoms with E-state index in [-0.39, 0.29) is 5.92 Å². The van der Waals surface area contributed by atoms with Gasteiger partial charge in [-0.2, -0.15) is 0 Å². The number of aryl methyl sites for hydroxylation is 1. The zero-order valence-electron chi connectivity index (χ0n) is 12.0. The molecule has 0 heterocycles. The first kappa shape index (κ1) is 14.9. The molecule has 2 rings (SSSR count). The standard InChI is InChI=1S/C17H19BrO2/c1-4-12-9-15(19)13(11(2)3)10-17(12)20-16-8-6-5-7-14(16)18/h5-11,19H,4H2,1-3H3. The second kappa shape index (κ2) is 6.31. The summed E-state index contributed by atoms with van der Waals surface area (Å²) in [4.78, 5) is 0. The molecular formula is C17H19BrO2. The average molecular weight is 335 g/mol. The lowest BCUT2D eigenvalue weighted by Crippen LogP contribution is -1.96. The maximum atomic E-state index is 10.1. The van der Waals surface area contributed by atoms with Gasteiger partial charge in [0, 0.05) is 5.56 Å². The Kier molecular flexibility index (Phi) is 4.71. The van der Waals surface area contributed by atoms with Gasteiger partial charge in [0.1, 0.15) is 17.2 Å². The van der Waals surface area contributed by atoms with Crippen LogP contribution in [0.2, 0.25) is 0 Å². The topological polar surface area (TPSA) is 29.5 Å². The Bertz CT molecular complexity index is 606. The molecule has 0 atom stereocenters. The molecular weight excluding hydrogens is 316 g/mol. The molecule has 2 nitrogen and oxygen atoms in total. The van der Waals surface area contributed by atoms with Crippen LogP contribution in [0.3, 0.4) is 0 Å². The van der Waals surface area contributed by atoms with Gasteiger partial charge in [-0.3, -0.25) is 0 Å². The van der Waals surface area contributed by atoms with Gasteiger partial charge in [-0.25, -0.2) is 0 Å². The fraction of sp³-hybridized carbons (Fsp3) is 0.294. The van der Waals surface area contributed by atoms with Gasteiger partial charge in [-0.15, -0.1) is 0 Å². The SMILES string of the molecule is CCc1cc(O)c(C(C)C)cc1Oc1ccccc1Br. The third kappa shape index (κ3) is 3.15. The second-order valence-corrected chi connectivity index (χ2v) is 5.91. The van der Waals surface area contributed by atoms with E-state index in [0.717, 1.165) is 33.5 Å². The first-order chi connectivity index (χ1) is 9.52. The maximum absolute atomic E-state index is 10.1. The highest BCUT2D eigenvalue weighted by atomic mass is 79.9. The van der Waals surface area contributed by atoms with Crippen molar-refractivity contribution in [3.8, 4) is 17.2 Å². The minimum atomic E-state index is 0.252. The number of halogens is 1. The van der Waals surface area contributed by atoms with Crippen LogP contribution in [0.5, 0.6) is 17.2 Å². The van der Waals surface area contributed by atoms with Gasteiger partial charge in [-0.05, 0) is 58.1 Å². The van der Waals surface area contributed by atoms with E-state index in [1.54, 1.807) is 0 Å². The summed E-state index contributed by atoms with van der Waals surface area (Å²) in [6.07, 6.45) is 0.811. The Morgan fingerprint density at radius 1 is 1.15 bits per heavy atom. The number of phenols is 1. The Labute approximate surface area is 128 Å². The first-order valence-electron chi connectivity index (χ1n) is 6.81.